The van der Waals surface area contributed by atoms with Crippen LogP contribution in [0.15, 0.2) is 78.2 Å². The van der Waals surface area contributed by atoms with Gasteiger partial charge in [0.2, 0.25) is 5.95 Å². The summed E-state index contributed by atoms with van der Waals surface area (Å²) in [6.07, 6.45) is 13.6. The first kappa shape index (κ1) is 19.3. The highest BCUT2D eigenvalue weighted by Crippen LogP contribution is 2.48. The van der Waals surface area contributed by atoms with Crippen molar-refractivity contribution in [3.05, 3.63) is 85.1 Å². The molecule has 6 rings (SSSR count). The van der Waals surface area contributed by atoms with Gasteiger partial charge in [0.15, 0.2) is 5.82 Å². The summed E-state index contributed by atoms with van der Waals surface area (Å²) in [7, 11) is 0. The van der Waals surface area contributed by atoms with Crippen LogP contribution < -0.4 is 5.73 Å². The Kier molecular flexibility index (Phi) is 4.46. The number of hydrogen-bond donors (Lipinski definition) is 1. The van der Waals surface area contributed by atoms with Crippen LogP contribution in [0.25, 0.3) is 28.4 Å². The molecule has 9 heteroatoms. The van der Waals surface area contributed by atoms with Crippen molar-refractivity contribution in [1.29, 1.82) is 0 Å². The predicted octanol–water partition coefficient (Wildman–Crippen LogP) is 3.83. The quantitative estimate of drug-likeness (QED) is 0.441. The number of nitrogen functional groups attached to an aromatic ring is 1. The highest BCUT2D eigenvalue weighted by Gasteiger charge is 2.44. The van der Waals surface area contributed by atoms with E-state index in [-0.39, 0.29) is 11.4 Å². The fraction of sp³-hybridized carbons (Fsp3) is 0.167. The van der Waals surface area contributed by atoms with Crippen molar-refractivity contribution >= 4 is 5.95 Å². The maximum atomic E-state index is 5.64. The van der Waals surface area contributed by atoms with E-state index in [1.807, 2.05) is 22.9 Å². The second-order valence-electron chi connectivity index (χ2n) is 8.14. The van der Waals surface area contributed by atoms with E-state index in [1.165, 1.54) is 5.56 Å². The molecule has 0 aliphatic heterocycles. The van der Waals surface area contributed by atoms with Crippen molar-refractivity contribution in [3.63, 3.8) is 0 Å². The molecule has 2 N–H and O–H groups in total. The van der Waals surface area contributed by atoms with Gasteiger partial charge in [0.05, 0.1) is 11.0 Å². The summed E-state index contributed by atoms with van der Waals surface area (Å²) >= 11 is 0. The third-order valence-corrected chi connectivity index (χ3v) is 6.27. The molecule has 1 saturated carbocycles. The number of benzene rings is 1. The van der Waals surface area contributed by atoms with Crippen molar-refractivity contribution in [2.45, 2.75) is 24.7 Å². The van der Waals surface area contributed by atoms with Gasteiger partial charge in [-0.25, -0.2) is 19.9 Å². The molecule has 0 radical (unpaired) electrons. The highest BCUT2D eigenvalue weighted by molar-refractivity contribution is 5.63. The van der Waals surface area contributed by atoms with Gasteiger partial charge in [0.1, 0.15) is 12.1 Å². The summed E-state index contributed by atoms with van der Waals surface area (Å²) in [5.74, 6) is 2.23. The first-order valence-corrected chi connectivity index (χ1v) is 10.7. The smallest absolute Gasteiger partial charge is 0.259 e. The van der Waals surface area contributed by atoms with E-state index in [4.69, 9.17) is 15.2 Å². The van der Waals surface area contributed by atoms with Crippen LogP contribution in [0.2, 0.25) is 0 Å². The average molecular weight is 436 g/mol. The van der Waals surface area contributed by atoms with Crippen LogP contribution in [-0.2, 0) is 5.41 Å². The number of nitrogens with zero attached hydrogens (tertiary/aromatic N) is 7. The number of rotatable bonds is 5. The van der Waals surface area contributed by atoms with Gasteiger partial charge in [0.25, 0.3) is 5.89 Å². The minimum atomic E-state index is -0.234. The van der Waals surface area contributed by atoms with Crippen molar-refractivity contribution in [1.82, 2.24) is 34.6 Å². The maximum Gasteiger partial charge on any atom is 0.259 e. The summed E-state index contributed by atoms with van der Waals surface area (Å²) < 4.78 is 7.48. The lowest BCUT2D eigenvalue weighted by molar-refractivity contribution is 0.273. The van der Waals surface area contributed by atoms with Crippen LogP contribution in [0.1, 0.15) is 30.7 Å². The number of imidazole rings is 1. The van der Waals surface area contributed by atoms with Gasteiger partial charge < -0.3 is 10.3 Å². The molecule has 162 valence electrons. The minimum Gasteiger partial charge on any atom is -0.368 e. The lowest BCUT2D eigenvalue weighted by Crippen LogP contribution is -2.36. The molecule has 0 amide bonds. The van der Waals surface area contributed by atoms with Crippen LogP contribution in [0.4, 0.5) is 5.95 Å². The number of nitrogens with two attached hydrogens (primary N) is 1. The summed E-state index contributed by atoms with van der Waals surface area (Å²) in [5, 5.41) is 4.36. The molecule has 5 aromatic rings. The highest BCUT2D eigenvalue weighted by atomic mass is 16.5. The Bertz CT molecular complexity index is 1370. The van der Waals surface area contributed by atoms with Crippen LogP contribution >= 0.6 is 0 Å². The molecule has 1 aromatic carbocycles. The van der Waals surface area contributed by atoms with Gasteiger partial charge in [-0.3, -0.25) is 4.57 Å². The van der Waals surface area contributed by atoms with E-state index in [2.05, 4.69) is 49.4 Å². The molecule has 0 saturated heterocycles. The largest absolute Gasteiger partial charge is 0.368 e. The molecule has 1 fully saturated rings. The van der Waals surface area contributed by atoms with Crippen molar-refractivity contribution in [2.75, 3.05) is 5.73 Å². The van der Waals surface area contributed by atoms with Gasteiger partial charge in [0, 0.05) is 36.5 Å². The lowest BCUT2D eigenvalue weighted by Gasteiger charge is -2.39. The van der Waals surface area contributed by atoms with E-state index in [0.29, 0.717) is 11.7 Å². The zero-order valence-corrected chi connectivity index (χ0v) is 17.7. The number of anilines is 1. The van der Waals surface area contributed by atoms with Crippen LogP contribution in [0.3, 0.4) is 0 Å². The summed E-state index contributed by atoms with van der Waals surface area (Å²) in [5.41, 5.74) is 9.28. The summed E-state index contributed by atoms with van der Waals surface area (Å²) in [6.45, 7) is 0. The Morgan fingerprint density at radius 3 is 2.27 bits per heavy atom. The Morgan fingerprint density at radius 1 is 0.879 bits per heavy atom. The molecule has 9 nitrogen and oxygen atoms in total. The summed E-state index contributed by atoms with van der Waals surface area (Å²) in [4.78, 5) is 21.5. The SMILES string of the molecule is Nc1ncc(-c2ccc(C3(c4noc(-c5ccc(-n6ccnc6)nc5)n4)CCC3)cc2)cn1. The Hall–Kier alpha value is -4.40. The van der Waals surface area contributed by atoms with Gasteiger partial charge in [-0.05, 0) is 36.1 Å². The molecular formula is C24H20N8O. The third kappa shape index (κ3) is 3.34. The molecule has 0 spiro atoms. The fourth-order valence-electron chi connectivity index (χ4n) is 4.24. The molecule has 4 heterocycles. The molecule has 0 bridgehead atoms. The van der Waals surface area contributed by atoms with E-state index in [0.717, 1.165) is 41.8 Å². The topological polar surface area (TPSA) is 121 Å². The molecular weight excluding hydrogens is 416 g/mol. The number of hydrogen-bond acceptors (Lipinski definition) is 8. The van der Waals surface area contributed by atoms with Crippen molar-refractivity contribution in [3.8, 4) is 28.4 Å². The third-order valence-electron chi connectivity index (χ3n) is 6.27. The normalized spacial score (nSPS) is 14.7. The first-order valence-electron chi connectivity index (χ1n) is 10.7. The van der Waals surface area contributed by atoms with Gasteiger partial charge in [-0.1, -0.05) is 35.8 Å². The lowest BCUT2D eigenvalue weighted by atomic mass is 9.64. The minimum absolute atomic E-state index is 0.234. The van der Waals surface area contributed by atoms with Crippen molar-refractivity contribution < 1.29 is 4.52 Å². The molecule has 0 atom stereocenters. The Balaban J connectivity index is 1.28. The van der Waals surface area contributed by atoms with Gasteiger partial charge in [-0.2, -0.15) is 4.98 Å². The van der Waals surface area contributed by atoms with Crippen LogP contribution in [0, 0.1) is 0 Å². The van der Waals surface area contributed by atoms with Gasteiger partial charge >= 0.3 is 0 Å². The summed E-state index contributed by atoms with van der Waals surface area (Å²) in [6, 6.07) is 12.2. The van der Waals surface area contributed by atoms with Crippen molar-refractivity contribution in [2.24, 2.45) is 0 Å². The zero-order valence-electron chi connectivity index (χ0n) is 17.7. The molecule has 4 aromatic heterocycles. The monoisotopic (exact) mass is 436 g/mol. The zero-order chi connectivity index (χ0) is 22.3. The predicted molar refractivity (Wildman–Crippen MR) is 121 cm³/mol. The van der Waals surface area contributed by atoms with E-state index < -0.39 is 0 Å². The standard InChI is InChI=1S/C24H20N8O/c25-23-28-13-18(14-29-23)16-2-5-19(6-3-16)24(8-1-9-24)22-30-21(33-31-22)17-4-7-20(27-12-17)32-11-10-26-15-32/h2-7,10-15H,1,8-9H2,(H2,25,28,29). The average Bonchev–Trinajstić information content (AvgIpc) is 3.53. The Labute approximate surface area is 189 Å². The molecule has 33 heavy (non-hydrogen) atoms. The first-order chi connectivity index (χ1) is 16.2. The Morgan fingerprint density at radius 2 is 1.64 bits per heavy atom. The van der Waals surface area contributed by atoms with Crippen LogP contribution in [0.5, 0.6) is 0 Å². The molecule has 1 aliphatic rings. The van der Waals surface area contributed by atoms with E-state index >= 15 is 0 Å². The maximum absolute atomic E-state index is 5.64. The van der Waals surface area contributed by atoms with E-state index in [9.17, 15) is 0 Å². The van der Waals surface area contributed by atoms with Gasteiger partial charge in [-0.15, -0.1) is 0 Å². The number of aromatic nitrogens is 7. The van der Waals surface area contributed by atoms with E-state index in [1.54, 1.807) is 31.1 Å². The second kappa shape index (κ2) is 7.63. The molecule has 0 unspecified atom stereocenters. The number of pyridine rings is 1. The van der Waals surface area contributed by atoms with Crippen LogP contribution in [-0.4, -0.2) is 34.6 Å². The second-order valence-corrected chi connectivity index (χ2v) is 8.14. The molecule has 1 aliphatic carbocycles. The fourth-order valence-corrected chi connectivity index (χ4v) is 4.24.